The first kappa shape index (κ1) is 59.6. The summed E-state index contributed by atoms with van der Waals surface area (Å²) in [5, 5.41) is 3.96. The molecule has 0 aliphatic heterocycles. The van der Waals surface area contributed by atoms with Gasteiger partial charge in [0.1, 0.15) is 20.2 Å². The van der Waals surface area contributed by atoms with E-state index in [9.17, 15) is 25.9 Å². The second-order valence-corrected chi connectivity index (χ2v) is 21.4. The quantitative estimate of drug-likeness (QED) is 0.0262. The molecular weight excluding hydrogens is 873 g/mol. The molecule has 360 valence electrons. The van der Waals surface area contributed by atoms with E-state index in [1.54, 1.807) is 24.3 Å². The van der Waals surface area contributed by atoms with Crippen LogP contribution >= 0.6 is 0 Å². The number of hydrogen-bond donors (Lipinski definition) is 0. The smallest absolute Gasteiger partial charge is 0.744 e. The van der Waals surface area contributed by atoms with E-state index in [1.807, 2.05) is 0 Å². The zero-order chi connectivity index (χ0) is 46.5. The van der Waals surface area contributed by atoms with Gasteiger partial charge in [0.15, 0.2) is 0 Å². The molecule has 0 heterocycles. The van der Waals surface area contributed by atoms with E-state index < -0.39 is 20.2 Å². The van der Waals surface area contributed by atoms with Gasteiger partial charge in [-0.05, 0) is 119 Å². The van der Waals surface area contributed by atoms with Crippen LogP contribution in [-0.4, -0.2) is 63.7 Å². The molecular formula is C56H86CaO6S2. The number of fused-ring (bicyclic) bond motifs is 2. The monoisotopic (exact) mass is 959 g/mol. The van der Waals surface area contributed by atoms with Crippen molar-refractivity contribution in [2.75, 3.05) is 0 Å². The van der Waals surface area contributed by atoms with Crippen LogP contribution in [0.25, 0.3) is 21.5 Å². The number of unbranched alkanes of at least 4 members (excludes halogenated alkanes) is 24. The number of hydrogen-bond acceptors (Lipinski definition) is 6. The van der Waals surface area contributed by atoms with E-state index >= 15 is 0 Å². The average Bonchev–Trinajstić information content (AvgIpc) is 3.27. The fraction of sp³-hybridized carbons (Fsp3) is 0.643. The van der Waals surface area contributed by atoms with Crippen molar-refractivity contribution in [3.8, 4) is 0 Å². The molecule has 0 amide bonds. The normalized spacial score (nSPS) is 11.8. The molecule has 4 aromatic carbocycles. The molecule has 0 unspecified atom stereocenters. The predicted octanol–water partition coefficient (Wildman–Crippen LogP) is 16.3. The third kappa shape index (κ3) is 24.6. The molecule has 0 aliphatic carbocycles. The molecule has 0 atom stereocenters. The van der Waals surface area contributed by atoms with Gasteiger partial charge in [-0.2, -0.15) is 0 Å². The molecule has 0 bridgehead atoms. The standard InChI is InChI=1S/2C28H44O3S.Ca/c2*1-3-5-7-9-11-13-15-17-24-19-20-28-25(18-16-14-12-10-8-6-4-2)22-27(32(29,30)31)23-26(28)21-24;/h2*19-23H,3-18H2,1-2H3,(H,29,30,31);/q;;+2/p-2. The Morgan fingerprint density at radius 2 is 0.600 bits per heavy atom. The second-order valence-electron chi connectivity index (χ2n) is 18.7. The summed E-state index contributed by atoms with van der Waals surface area (Å²) in [5.74, 6) is 0. The molecule has 0 fully saturated rings. The van der Waals surface area contributed by atoms with Gasteiger partial charge in [0.2, 0.25) is 0 Å². The Morgan fingerprint density at radius 3 is 0.877 bits per heavy atom. The molecule has 0 radical (unpaired) electrons. The molecule has 0 aromatic heterocycles. The first-order valence-corrected chi connectivity index (χ1v) is 28.8. The van der Waals surface area contributed by atoms with Crippen molar-refractivity contribution in [3.63, 3.8) is 0 Å². The Kier molecular flexibility index (Phi) is 31.8. The van der Waals surface area contributed by atoms with Crippen LogP contribution < -0.4 is 0 Å². The Hall–Kier alpha value is -1.52. The molecule has 9 heteroatoms. The minimum Gasteiger partial charge on any atom is -0.744 e. The van der Waals surface area contributed by atoms with E-state index in [-0.39, 0.29) is 47.5 Å². The second kappa shape index (κ2) is 34.7. The van der Waals surface area contributed by atoms with Gasteiger partial charge in [-0.15, -0.1) is 0 Å². The summed E-state index contributed by atoms with van der Waals surface area (Å²) in [7, 11) is -8.91. The van der Waals surface area contributed by atoms with Crippen molar-refractivity contribution < 1.29 is 25.9 Å². The van der Waals surface area contributed by atoms with E-state index in [0.717, 1.165) is 96.9 Å². The number of benzene rings is 4. The van der Waals surface area contributed by atoms with Gasteiger partial charge in [-0.3, -0.25) is 0 Å². The molecule has 0 aliphatic rings. The molecule has 4 aromatic rings. The summed E-state index contributed by atoms with van der Waals surface area (Å²) >= 11 is 0. The van der Waals surface area contributed by atoms with Gasteiger partial charge < -0.3 is 9.11 Å². The topological polar surface area (TPSA) is 114 Å². The van der Waals surface area contributed by atoms with Crippen LogP contribution in [0.4, 0.5) is 0 Å². The Labute approximate surface area is 427 Å². The molecule has 0 saturated heterocycles. The van der Waals surface area contributed by atoms with Crippen molar-refractivity contribution in [2.24, 2.45) is 0 Å². The first-order chi connectivity index (χ1) is 30.9. The van der Waals surface area contributed by atoms with Crippen molar-refractivity contribution in [2.45, 2.75) is 243 Å². The molecule has 0 saturated carbocycles. The van der Waals surface area contributed by atoms with Crippen LogP contribution in [-0.2, 0) is 45.9 Å². The summed E-state index contributed by atoms with van der Waals surface area (Å²) in [5.41, 5.74) is 4.45. The Balaban J connectivity index is 0.000000440. The maximum absolute atomic E-state index is 11.8. The van der Waals surface area contributed by atoms with Crippen molar-refractivity contribution >= 4 is 79.5 Å². The third-order valence-electron chi connectivity index (χ3n) is 13.0. The molecule has 0 spiro atoms. The van der Waals surface area contributed by atoms with Crippen LogP contribution in [0.15, 0.2) is 70.5 Å². The average molecular weight is 960 g/mol. The summed E-state index contributed by atoms with van der Waals surface area (Å²) in [4.78, 5) is -0.174. The van der Waals surface area contributed by atoms with Crippen molar-refractivity contribution in [1.29, 1.82) is 0 Å². The summed E-state index contributed by atoms with van der Waals surface area (Å²) < 4.78 is 70.5. The molecule has 4 rings (SSSR count). The summed E-state index contributed by atoms with van der Waals surface area (Å²) in [6, 6.07) is 19.2. The molecule has 6 nitrogen and oxygen atoms in total. The van der Waals surface area contributed by atoms with Crippen LogP contribution in [0.1, 0.15) is 230 Å². The molecule has 65 heavy (non-hydrogen) atoms. The maximum atomic E-state index is 11.8. The van der Waals surface area contributed by atoms with Crippen LogP contribution in [0.5, 0.6) is 0 Å². The van der Waals surface area contributed by atoms with Crippen LogP contribution in [0, 0.1) is 0 Å². The van der Waals surface area contributed by atoms with Gasteiger partial charge in [0.05, 0.1) is 9.79 Å². The summed E-state index contributed by atoms with van der Waals surface area (Å²) in [6.45, 7) is 8.93. The first-order valence-electron chi connectivity index (χ1n) is 25.9. The SMILES string of the molecule is CCCCCCCCCc1ccc2c(CCCCCCCCC)cc(S(=O)(=O)[O-])cc2c1.CCCCCCCCCc1ccc2c(CCCCCCCCC)cc(S(=O)(=O)[O-])cc2c1.[Ca+2]. The fourth-order valence-electron chi connectivity index (χ4n) is 9.07. The number of rotatable bonds is 34. The predicted molar refractivity (Wildman–Crippen MR) is 276 cm³/mol. The fourth-order valence-corrected chi connectivity index (χ4v) is 10.2. The zero-order valence-corrected chi connectivity index (χ0v) is 45.2. The zero-order valence-electron chi connectivity index (χ0n) is 41.4. The number of aryl methyl sites for hydroxylation is 4. The minimum atomic E-state index is -4.46. The van der Waals surface area contributed by atoms with Gasteiger partial charge in [0.25, 0.3) is 0 Å². The van der Waals surface area contributed by atoms with E-state index in [4.69, 9.17) is 0 Å². The van der Waals surface area contributed by atoms with E-state index in [1.165, 1.54) is 152 Å². The van der Waals surface area contributed by atoms with Crippen molar-refractivity contribution in [3.05, 3.63) is 82.9 Å². The van der Waals surface area contributed by atoms with Crippen molar-refractivity contribution in [1.82, 2.24) is 0 Å². The minimum absolute atomic E-state index is 0. The Morgan fingerprint density at radius 1 is 0.338 bits per heavy atom. The van der Waals surface area contributed by atoms with Gasteiger partial charge in [0, 0.05) is 0 Å². The van der Waals surface area contributed by atoms with Crippen LogP contribution in [0.3, 0.4) is 0 Å². The van der Waals surface area contributed by atoms with Crippen LogP contribution in [0.2, 0.25) is 0 Å². The maximum Gasteiger partial charge on any atom is 2.00 e. The third-order valence-corrected chi connectivity index (χ3v) is 14.6. The Bertz CT molecular complexity index is 1960. The van der Waals surface area contributed by atoms with Gasteiger partial charge in [-0.25, -0.2) is 16.8 Å². The largest absolute Gasteiger partial charge is 2.00 e. The molecule has 0 N–H and O–H groups in total. The van der Waals surface area contributed by atoms with E-state index in [2.05, 4.69) is 64.1 Å². The van der Waals surface area contributed by atoms with Gasteiger partial charge in [-0.1, -0.05) is 218 Å². The summed E-state index contributed by atoms with van der Waals surface area (Å²) in [6.07, 6.45) is 38.6. The van der Waals surface area contributed by atoms with E-state index in [0.29, 0.717) is 0 Å². The van der Waals surface area contributed by atoms with Gasteiger partial charge >= 0.3 is 37.7 Å².